The Hall–Kier alpha value is -2.39. The molecule has 0 radical (unpaired) electrons. The average molecular weight is 481 g/mol. The van der Waals surface area contributed by atoms with E-state index in [9.17, 15) is 14.4 Å². The average Bonchev–Trinajstić information content (AvgIpc) is 2.73. The van der Waals surface area contributed by atoms with Gasteiger partial charge in [0.2, 0.25) is 5.60 Å². The zero-order valence-electron chi connectivity index (χ0n) is 21.1. The van der Waals surface area contributed by atoms with Gasteiger partial charge in [-0.15, -0.1) is 0 Å². The second-order valence-corrected chi connectivity index (χ2v) is 14.7. The van der Waals surface area contributed by atoms with Gasteiger partial charge in [-0.1, -0.05) is 20.8 Å². The van der Waals surface area contributed by atoms with Crippen LogP contribution >= 0.6 is 0 Å². The second kappa shape index (κ2) is 9.85. The number of fused-ring (bicyclic) bond motifs is 1. The number of carbonyl (C=O) groups is 3. The van der Waals surface area contributed by atoms with E-state index >= 15 is 0 Å². The smallest absolute Gasteiger partial charge is 0.353 e. The van der Waals surface area contributed by atoms with Gasteiger partial charge in [0.25, 0.3) is 0 Å². The van der Waals surface area contributed by atoms with E-state index in [1.165, 1.54) is 21.3 Å². The molecular formula is C24H36O8Si. The van der Waals surface area contributed by atoms with Gasteiger partial charge in [-0.2, -0.15) is 0 Å². The number of carbonyl (C=O) groups excluding carboxylic acids is 3. The van der Waals surface area contributed by atoms with Crippen molar-refractivity contribution in [2.45, 2.75) is 76.8 Å². The second-order valence-electron chi connectivity index (χ2n) is 9.91. The Morgan fingerprint density at radius 1 is 1.15 bits per heavy atom. The quantitative estimate of drug-likeness (QED) is 0.403. The molecular weight excluding hydrogens is 444 g/mol. The SMILES string of the molecule is COC(=O)CCC(O[Si](C)(C)C(C)(C)C)[C@]1(C(=O)OC)CC(=O)c2c(OC)cc(C)cc2O1. The molecule has 2 atom stereocenters. The summed E-state index contributed by atoms with van der Waals surface area (Å²) in [6, 6.07) is 3.43. The van der Waals surface area contributed by atoms with Crippen molar-refractivity contribution in [2.24, 2.45) is 0 Å². The van der Waals surface area contributed by atoms with Crippen molar-refractivity contribution in [1.82, 2.24) is 0 Å². The van der Waals surface area contributed by atoms with Crippen molar-refractivity contribution >= 4 is 26.0 Å². The Kier molecular flexibility index (Phi) is 8.01. The first-order valence-corrected chi connectivity index (χ1v) is 13.9. The van der Waals surface area contributed by atoms with Crippen LogP contribution in [0.3, 0.4) is 0 Å². The summed E-state index contributed by atoms with van der Waals surface area (Å²) >= 11 is 0. The molecule has 1 aromatic rings. The highest BCUT2D eigenvalue weighted by Crippen LogP contribution is 2.45. The molecule has 33 heavy (non-hydrogen) atoms. The number of rotatable bonds is 8. The van der Waals surface area contributed by atoms with Crippen molar-refractivity contribution in [3.05, 3.63) is 23.3 Å². The van der Waals surface area contributed by atoms with Gasteiger partial charge in [-0.3, -0.25) is 9.59 Å². The zero-order valence-corrected chi connectivity index (χ0v) is 22.1. The maximum atomic E-state index is 13.4. The highest BCUT2D eigenvalue weighted by Gasteiger charge is 2.57. The van der Waals surface area contributed by atoms with Gasteiger partial charge in [0.15, 0.2) is 14.1 Å². The van der Waals surface area contributed by atoms with Crippen LogP contribution in [0.25, 0.3) is 0 Å². The first kappa shape index (κ1) is 26.9. The third kappa shape index (κ3) is 5.41. The lowest BCUT2D eigenvalue weighted by Gasteiger charge is -2.46. The molecule has 0 saturated heterocycles. The predicted octanol–water partition coefficient (Wildman–Crippen LogP) is 4.22. The number of esters is 2. The van der Waals surface area contributed by atoms with Gasteiger partial charge < -0.3 is 23.4 Å². The molecule has 0 spiro atoms. The number of ether oxygens (including phenoxy) is 4. The molecule has 0 aliphatic carbocycles. The molecule has 0 aromatic heterocycles. The standard InChI is InChI=1S/C24H36O8Si/c1-15-12-17(28-5)21-16(25)14-24(22(27)30-7,31-18(21)13-15)19(10-11-20(26)29-6)32-33(8,9)23(2,3)4/h12-13,19H,10-11,14H2,1-9H3/t19?,24-/m0/s1. The first-order valence-electron chi connectivity index (χ1n) is 11.0. The van der Waals surface area contributed by atoms with Crippen LogP contribution in [0.1, 0.15) is 56.0 Å². The van der Waals surface area contributed by atoms with E-state index in [4.69, 9.17) is 23.4 Å². The number of methoxy groups -OCH3 is 3. The summed E-state index contributed by atoms with van der Waals surface area (Å²) in [5.74, 6) is -0.880. The lowest BCUT2D eigenvalue weighted by molar-refractivity contribution is -0.171. The molecule has 1 aliphatic heterocycles. The van der Waals surface area contributed by atoms with Crippen molar-refractivity contribution in [2.75, 3.05) is 21.3 Å². The van der Waals surface area contributed by atoms with Crippen molar-refractivity contribution in [3.8, 4) is 11.5 Å². The van der Waals surface area contributed by atoms with Gasteiger partial charge in [-0.25, -0.2) is 4.79 Å². The van der Waals surface area contributed by atoms with Crippen molar-refractivity contribution < 1.29 is 37.8 Å². The first-order chi connectivity index (χ1) is 15.2. The van der Waals surface area contributed by atoms with E-state index in [-0.39, 0.29) is 41.4 Å². The molecule has 0 fully saturated rings. The number of aryl methyl sites for hydroxylation is 1. The fourth-order valence-corrected chi connectivity index (χ4v) is 5.04. The number of Topliss-reactive ketones (excluding diaryl/α,β-unsaturated/α-hetero) is 1. The minimum Gasteiger partial charge on any atom is -0.496 e. The Labute approximate surface area is 197 Å². The lowest BCUT2D eigenvalue weighted by atomic mass is 9.83. The van der Waals surface area contributed by atoms with Crippen molar-refractivity contribution in [1.29, 1.82) is 0 Å². The molecule has 8 nitrogen and oxygen atoms in total. The third-order valence-corrected chi connectivity index (χ3v) is 11.0. The molecule has 2 rings (SSSR count). The fraction of sp³-hybridized carbons (Fsp3) is 0.625. The van der Waals surface area contributed by atoms with E-state index in [1.807, 2.05) is 20.0 Å². The van der Waals surface area contributed by atoms with Crippen LogP contribution in [0, 0.1) is 6.92 Å². The van der Waals surface area contributed by atoms with Crippen molar-refractivity contribution in [3.63, 3.8) is 0 Å². The molecule has 1 aromatic carbocycles. The summed E-state index contributed by atoms with van der Waals surface area (Å²) in [7, 11) is 1.56. The molecule has 0 saturated carbocycles. The lowest BCUT2D eigenvalue weighted by Crippen LogP contribution is -2.62. The minimum atomic E-state index is -2.46. The van der Waals surface area contributed by atoms with E-state index in [1.54, 1.807) is 12.1 Å². The third-order valence-electron chi connectivity index (χ3n) is 6.56. The van der Waals surface area contributed by atoms with Crippen LogP contribution in [-0.4, -0.2) is 59.1 Å². The number of hydrogen-bond donors (Lipinski definition) is 0. The number of hydrogen-bond acceptors (Lipinski definition) is 8. The molecule has 9 heteroatoms. The minimum absolute atomic E-state index is 0.00389. The van der Waals surface area contributed by atoms with E-state index in [0.29, 0.717) is 5.75 Å². The number of benzene rings is 1. The highest BCUT2D eigenvalue weighted by molar-refractivity contribution is 6.74. The van der Waals surface area contributed by atoms with Crippen LogP contribution in [0.4, 0.5) is 0 Å². The molecule has 0 bridgehead atoms. The van der Waals surface area contributed by atoms with Gasteiger partial charge in [0.1, 0.15) is 17.1 Å². The van der Waals surface area contributed by atoms with Crippen LogP contribution < -0.4 is 9.47 Å². The van der Waals surface area contributed by atoms with E-state index in [2.05, 4.69) is 20.8 Å². The molecule has 0 N–H and O–H groups in total. The Morgan fingerprint density at radius 2 is 1.79 bits per heavy atom. The highest BCUT2D eigenvalue weighted by atomic mass is 28.4. The molecule has 1 unspecified atom stereocenters. The number of ketones is 1. The van der Waals surface area contributed by atoms with Gasteiger partial charge in [0.05, 0.1) is 33.9 Å². The molecule has 1 heterocycles. The normalized spacial score (nSPS) is 19.2. The maximum Gasteiger partial charge on any atom is 0.353 e. The fourth-order valence-electron chi connectivity index (χ4n) is 3.66. The van der Waals surface area contributed by atoms with Crippen LogP contribution in [0.15, 0.2) is 12.1 Å². The van der Waals surface area contributed by atoms with Gasteiger partial charge in [0, 0.05) is 6.42 Å². The molecule has 1 aliphatic rings. The van der Waals surface area contributed by atoms with E-state index < -0.39 is 32.0 Å². The van der Waals surface area contributed by atoms with E-state index in [0.717, 1.165) is 5.56 Å². The maximum absolute atomic E-state index is 13.4. The topological polar surface area (TPSA) is 97.4 Å². The summed E-state index contributed by atoms with van der Waals surface area (Å²) in [5.41, 5.74) is -0.668. The Bertz CT molecular complexity index is 918. The molecule has 0 amide bonds. The molecule has 184 valence electrons. The predicted molar refractivity (Wildman–Crippen MR) is 125 cm³/mol. The van der Waals surface area contributed by atoms with Gasteiger partial charge >= 0.3 is 11.9 Å². The summed E-state index contributed by atoms with van der Waals surface area (Å²) in [6.45, 7) is 12.1. The summed E-state index contributed by atoms with van der Waals surface area (Å²) in [6.07, 6.45) is -1.09. The largest absolute Gasteiger partial charge is 0.496 e. The van der Waals surface area contributed by atoms with Gasteiger partial charge in [-0.05, 0) is 49.2 Å². The zero-order chi connectivity index (χ0) is 25.2. The van der Waals surface area contributed by atoms with Crippen LogP contribution in [0.2, 0.25) is 18.1 Å². The summed E-state index contributed by atoms with van der Waals surface area (Å²) in [5, 5.41) is -0.190. The van der Waals surface area contributed by atoms with Crippen LogP contribution in [0.5, 0.6) is 11.5 Å². The Balaban J connectivity index is 2.66. The van der Waals surface area contributed by atoms with Crippen LogP contribution in [-0.2, 0) is 23.5 Å². The summed E-state index contributed by atoms with van der Waals surface area (Å²) < 4.78 is 28.3. The monoisotopic (exact) mass is 480 g/mol. The summed E-state index contributed by atoms with van der Waals surface area (Å²) in [4.78, 5) is 38.6. The Morgan fingerprint density at radius 3 is 2.30 bits per heavy atom.